The van der Waals surface area contributed by atoms with Crippen LogP contribution in [0.1, 0.15) is 48.5 Å². The molecule has 2 fully saturated rings. The van der Waals surface area contributed by atoms with Gasteiger partial charge in [0.1, 0.15) is 42.9 Å². The fourth-order valence-electron chi connectivity index (χ4n) is 7.65. The Balaban J connectivity index is 0.000000234. The number of thiazole rings is 2. The van der Waals surface area contributed by atoms with Crippen LogP contribution in [-0.2, 0) is 31.2 Å². The molecule has 24 heteroatoms. The largest absolute Gasteiger partial charge is 0.391 e. The molecule has 6 atom stereocenters. The third kappa shape index (κ3) is 12.7. The number of rotatable bonds is 12. The van der Waals surface area contributed by atoms with Gasteiger partial charge < -0.3 is 20.4 Å². The minimum atomic E-state index is -4.27. The van der Waals surface area contributed by atoms with E-state index in [-0.39, 0.29) is 59.9 Å². The second-order valence-corrected chi connectivity index (χ2v) is 22.3. The third-order valence-corrected chi connectivity index (χ3v) is 16.7. The molecular formula is C38H44Cl2F8N6O4S4. The maximum absolute atomic E-state index is 14.7. The summed E-state index contributed by atoms with van der Waals surface area (Å²) < 4.78 is 159. The first-order chi connectivity index (χ1) is 28.8. The first-order valence-corrected chi connectivity index (χ1v) is 24.8. The molecule has 2 heterocycles. The maximum atomic E-state index is 14.7. The highest BCUT2D eigenvalue weighted by Gasteiger charge is 2.47. The first kappa shape index (κ1) is 50.1. The van der Waals surface area contributed by atoms with Gasteiger partial charge in [-0.3, -0.25) is 0 Å². The number of anilines is 2. The van der Waals surface area contributed by atoms with Gasteiger partial charge in [0.25, 0.3) is 0 Å². The lowest BCUT2D eigenvalue weighted by Gasteiger charge is -2.41. The summed E-state index contributed by atoms with van der Waals surface area (Å²) >= 11 is 14.8. The number of alkyl halides is 6. The first-order valence-electron chi connectivity index (χ1n) is 19.0. The molecule has 0 amide bonds. The van der Waals surface area contributed by atoms with Crippen LogP contribution in [0.2, 0.25) is 10.0 Å². The van der Waals surface area contributed by atoms with E-state index in [1.165, 1.54) is 12.4 Å². The van der Waals surface area contributed by atoms with Crippen molar-refractivity contribution in [2.45, 2.75) is 96.3 Å². The lowest BCUT2D eigenvalue weighted by molar-refractivity contribution is -0.187. The van der Waals surface area contributed by atoms with Crippen LogP contribution < -0.4 is 10.6 Å². The van der Waals surface area contributed by atoms with E-state index in [2.05, 4.69) is 20.6 Å². The molecule has 2 N–H and O–H groups in total. The average molecular weight is 1000 g/mol. The summed E-state index contributed by atoms with van der Waals surface area (Å²) in [4.78, 5) is 10.1. The van der Waals surface area contributed by atoms with Crippen molar-refractivity contribution in [3.8, 4) is 0 Å². The molecule has 0 bridgehead atoms. The van der Waals surface area contributed by atoms with Gasteiger partial charge in [-0.05, 0) is 91.0 Å². The standard InChI is InChI=1S/2C19H22ClF4N3O2S2/c2*1-27(2)16-7-11(19(22,23)24)3-4-14(16)26-15-9-13(21)17(8-12(15)20)31(28,29)10-18-25-5-6-30-18/h2*5-6,8-9,11,14,16,26H,3-4,7,10H2,1-2H3/t2*11-,14-,16-/m10/s1. The number of likely N-dealkylation sites (N-methyl/N-ethyl adjacent to an activating group) is 2. The van der Waals surface area contributed by atoms with Crippen LogP contribution in [-0.4, -0.2) is 101 Å². The Morgan fingerprint density at radius 1 is 0.645 bits per heavy atom. The SMILES string of the molecule is CN(C)[C@@H]1C[C@H](C(F)(F)F)CC[C@H]1Nc1cc(F)c(S(=O)(=O)Cc2nccs2)cc1Cl.CN(C)[C@H]1C[C@@H](C(F)(F)F)CC[C@@H]1Nc1cc(F)c(S(=O)(=O)Cc2nccs2)cc1Cl. The summed E-state index contributed by atoms with van der Waals surface area (Å²) in [5.74, 6) is -5.65. The van der Waals surface area contributed by atoms with E-state index in [1.807, 2.05) is 0 Å². The highest BCUT2D eigenvalue weighted by molar-refractivity contribution is 7.91. The van der Waals surface area contributed by atoms with E-state index < -0.39 is 101 Å². The Morgan fingerprint density at radius 3 is 1.29 bits per heavy atom. The molecule has 0 unspecified atom stereocenters. The van der Waals surface area contributed by atoms with Crippen molar-refractivity contribution in [1.29, 1.82) is 0 Å². The molecule has 2 aromatic carbocycles. The molecule has 6 rings (SSSR count). The summed E-state index contributed by atoms with van der Waals surface area (Å²) in [6.07, 6.45) is -5.46. The number of sulfone groups is 2. The predicted octanol–water partition coefficient (Wildman–Crippen LogP) is 9.97. The van der Waals surface area contributed by atoms with Crippen LogP contribution in [0.4, 0.5) is 46.5 Å². The highest BCUT2D eigenvalue weighted by atomic mass is 35.5. The molecule has 0 aliphatic heterocycles. The normalized spacial score (nSPS) is 22.6. The number of benzene rings is 2. The zero-order valence-electron chi connectivity index (χ0n) is 33.6. The van der Waals surface area contributed by atoms with Gasteiger partial charge in [0.15, 0.2) is 19.7 Å². The Bertz CT molecular complexity index is 2190. The minimum Gasteiger partial charge on any atom is -0.379 e. The van der Waals surface area contributed by atoms with Crippen LogP contribution >= 0.6 is 45.9 Å². The third-order valence-electron chi connectivity index (χ3n) is 10.9. The summed E-state index contributed by atoms with van der Waals surface area (Å²) in [6.45, 7) is 0. The molecule has 0 saturated heterocycles. The van der Waals surface area contributed by atoms with Gasteiger partial charge in [0.2, 0.25) is 0 Å². The summed E-state index contributed by atoms with van der Waals surface area (Å²) in [7, 11) is -1.26. The zero-order valence-corrected chi connectivity index (χ0v) is 38.4. The smallest absolute Gasteiger partial charge is 0.379 e. The summed E-state index contributed by atoms with van der Waals surface area (Å²) in [5, 5.41) is 9.92. The van der Waals surface area contributed by atoms with Crippen LogP contribution in [0.25, 0.3) is 0 Å². The second kappa shape index (κ2) is 20.1. The van der Waals surface area contributed by atoms with Gasteiger partial charge in [-0.2, -0.15) is 26.3 Å². The summed E-state index contributed by atoms with van der Waals surface area (Å²) in [6, 6.07) is 2.34. The number of hydrogen-bond acceptors (Lipinski definition) is 12. The van der Waals surface area contributed by atoms with Crippen molar-refractivity contribution in [2.75, 3.05) is 38.8 Å². The lowest BCUT2D eigenvalue weighted by atomic mass is 9.81. The van der Waals surface area contributed by atoms with E-state index in [4.69, 9.17) is 23.2 Å². The molecular weight excluding hydrogens is 956 g/mol. The zero-order chi connectivity index (χ0) is 45.9. The summed E-state index contributed by atoms with van der Waals surface area (Å²) in [5.41, 5.74) is 0.296. The van der Waals surface area contributed by atoms with Gasteiger partial charge in [-0.1, -0.05) is 23.2 Å². The lowest BCUT2D eigenvalue weighted by Crippen LogP contribution is -2.49. The van der Waals surface area contributed by atoms with Gasteiger partial charge in [-0.15, -0.1) is 22.7 Å². The molecule has 0 spiro atoms. The molecule has 10 nitrogen and oxygen atoms in total. The molecule has 2 aliphatic carbocycles. The van der Waals surface area contributed by atoms with E-state index in [0.29, 0.717) is 10.0 Å². The molecule has 4 aromatic rings. The fourth-order valence-corrected chi connectivity index (χ4v) is 12.9. The van der Waals surface area contributed by atoms with Crippen molar-refractivity contribution in [3.63, 3.8) is 0 Å². The van der Waals surface area contributed by atoms with Crippen molar-refractivity contribution in [1.82, 2.24) is 19.8 Å². The monoisotopic (exact) mass is 998 g/mol. The van der Waals surface area contributed by atoms with E-state index >= 15 is 0 Å². The topological polar surface area (TPSA) is 125 Å². The van der Waals surface area contributed by atoms with Crippen molar-refractivity contribution in [3.05, 3.63) is 79.1 Å². The average Bonchev–Trinajstić information content (AvgIpc) is 3.88. The molecule has 0 radical (unpaired) electrons. The predicted molar refractivity (Wildman–Crippen MR) is 225 cm³/mol. The number of hydrogen-bond donors (Lipinski definition) is 2. The second-order valence-electron chi connectivity index (χ2n) is 15.6. The number of nitrogens with zero attached hydrogens (tertiary/aromatic N) is 4. The molecule has 344 valence electrons. The number of halogens is 10. The minimum absolute atomic E-state index is 0.0189. The van der Waals surface area contributed by atoms with Crippen molar-refractivity contribution < 1.29 is 52.0 Å². The molecule has 2 saturated carbocycles. The Hall–Kier alpha value is -2.86. The Labute approximate surface area is 372 Å². The van der Waals surface area contributed by atoms with Crippen LogP contribution in [0.5, 0.6) is 0 Å². The van der Waals surface area contributed by atoms with Crippen LogP contribution in [0, 0.1) is 23.5 Å². The Morgan fingerprint density at radius 2 is 1.00 bits per heavy atom. The number of aromatic nitrogens is 2. The van der Waals surface area contributed by atoms with Crippen LogP contribution in [0.3, 0.4) is 0 Å². The van der Waals surface area contributed by atoms with Crippen molar-refractivity contribution in [2.24, 2.45) is 11.8 Å². The fraction of sp³-hybridized carbons (Fsp3) is 0.526. The number of nitrogens with one attached hydrogen (secondary N) is 2. The van der Waals surface area contributed by atoms with Gasteiger partial charge >= 0.3 is 12.4 Å². The maximum Gasteiger partial charge on any atom is 0.391 e. The van der Waals surface area contributed by atoms with E-state index in [9.17, 15) is 52.0 Å². The quantitative estimate of drug-likeness (QED) is 0.133. The van der Waals surface area contributed by atoms with E-state index in [0.717, 1.165) is 46.9 Å². The van der Waals surface area contributed by atoms with Crippen molar-refractivity contribution >= 4 is 76.9 Å². The van der Waals surface area contributed by atoms with Gasteiger partial charge in [0.05, 0.1) is 33.3 Å². The molecule has 2 aromatic heterocycles. The highest BCUT2D eigenvalue weighted by Crippen LogP contribution is 2.42. The van der Waals surface area contributed by atoms with Crippen LogP contribution in [0.15, 0.2) is 57.2 Å². The van der Waals surface area contributed by atoms with Gasteiger partial charge in [0, 0.05) is 47.3 Å². The Kier molecular flexibility index (Phi) is 16.3. The van der Waals surface area contributed by atoms with Gasteiger partial charge in [-0.25, -0.2) is 35.6 Å². The molecule has 2 aliphatic rings. The molecule has 62 heavy (non-hydrogen) atoms. The van der Waals surface area contributed by atoms with E-state index in [1.54, 1.807) is 48.8 Å².